The predicted octanol–water partition coefficient (Wildman–Crippen LogP) is 4.99. The molecule has 0 saturated heterocycles. The Labute approximate surface area is 156 Å². The normalized spacial score (nSPS) is 19.9. The van der Waals surface area contributed by atoms with Gasteiger partial charge >= 0.3 is 18.3 Å². The molecule has 1 aliphatic rings. The van der Waals surface area contributed by atoms with Crippen LogP contribution < -0.4 is 10.8 Å². The standard InChI is InChI=1S/C18H15F6N3O/c1-16(26-15(28-27-16)18(22,23)24)12-7-5-11(6-8-12)10-25-14-4-2-3-13(9-14)17(19,20)21/h2-9,25,27H,10H2,1H3. The minimum atomic E-state index is -4.69. The summed E-state index contributed by atoms with van der Waals surface area (Å²) >= 11 is 0. The Hall–Kier alpha value is -2.75. The Kier molecular flexibility index (Phi) is 5.00. The first-order valence-corrected chi connectivity index (χ1v) is 8.09. The van der Waals surface area contributed by atoms with Crippen molar-refractivity contribution in [2.45, 2.75) is 31.5 Å². The second-order valence-electron chi connectivity index (χ2n) is 6.32. The van der Waals surface area contributed by atoms with Gasteiger partial charge in [0.05, 0.1) is 5.56 Å². The summed E-state index contributed by atoms with van der Waals surface area (Å²) < 4.78 is 76.2. The molecule has 0 bridgehead atoms. The molecule has 2 aromatic carbocycles. The number of aliphatic imine (C=N–C) groups is 1. The van der Waals surface area contributed by atoms with E-state index < -0.39 is 29.5 Å². The van der Waals surface area contributed by atoms with Crippen LogP contribution in [-0.2, 0) is 23.2 Å². The minimum absolute atomic E-state index is 0.235. The fourth-order valence-electron chi connectivity index (χ4n) is 2.60. The molecule has 0 saturated carbocycles. The number of hydrogen-bond donors (Lipinski definition) is 2. The van der Waals surface area contributed by atoms with E-state index in [1.807, 2.05) is 0 Å². The number of nitrogens with one attached hydrogen (secondary N) is 2. The summed E-state index contributed by atoms with van der Waals surface area (Å²) in [6, 6.07) is 11.2. The van der Waals surface area contributed by atoms with Gasteiger partial charge in [0.1, 0.15) is 0 Å². The maximum atomic E-state index is 12.7. The molecule has 1 aliphatic heterocycles. The topological polar surface area (TPSA) is 45.7 Å². The molecule has 150 valence electrons. The molecule has 4 nitrogen and oxygen atoms in total. The van der Waals surface area contributed by atoms with Crippen molar-refractivity contribution in [3.05, 3.63) is 65.2 Å². The molecule has 1 unspecified atom stereocenters. The van der Waals surface area contributed by atoms with Crippen LogP contribution in [-0.4, -0.2) is 12.1 Å². The summed E-state index contributed by atoms with van der Waals surface area (Å²) in [5.41, 5.74) is 1.58. The summed E-state index contributed by atoms with van der Waals surface area (Å²) in [7, 11) is 0. The maximum Gasteiger partial charge on any atom is 0.470 e. The number of rotatable bonds is 4. The van der Waals surface area contributed by atoms with Crippen LogP contribution >= 0.6 is 0 Å². The average Bonchev–Trinajstić information content (AvgIpc) is 3.04. The zero-order valence-electron chi connectivity index (χ0n) is 14.4. The third-order valence-corrected chi connectivity index (χ3v) is 4.12. The van der Waals surface area contributed by atoms with Crippen molar-refractivity contribution in [3.63, 3.8) is 0 Å². The number of alkyl halides is 6. The van der Waals surface area contributed by atoms with Crippen molar-refractivity contribution < 1.29 is 31.2 Å². The largest absolute Gasteiger partial charge is 0.470 e. The SMILES string of the molecule is CC1(c2ccc(CNc3cccc(C(F)(F)F)c3)cc2)N=C(C(F)(F)F)ON1. The fourth-order valence-corrected chi connectivity index (χ4v) is 2.60. The lowest BCUT2D eigenvalue weighted by Crippen LogP contribution is -2.33. The lowest BCUT2D eigenvalue weighted by Gasteiger charge is -2.19. The number of hydroxylamine groups is 1. The van der Waals surface area contributed by atoms with E-state index in [1.54, 1.807) is 24.3 Å². The van der Waals surface area contributed by atoms with Crippen molar-refractivity contribution in [2.75, 3.05) is 5.32 Å². The Morgan fingerprint density at radius 1 is 1.00 bits per heavy atom. The number of anilines is 1. The average molecular weight is 403 g/mol. The van der Waals surface area contributed by atoms with Gasteiger partial charge in [0.2, 0.25) is 0 Å². The van der Waals surface area contributed by atoms with Crippen molar-refractivity contribution in [3.8, 4) is 0 Å². The fraction of sp³-hybridized carbons (Fsp3) is 0.278. The molecule has 1 heterocycles. The van der Waals surface area contributed by atoms with Crippen LogP contribution in [0, 0.1) is 0 Å². The van der Waals surface area contributed by atoms with Crippen molar-refractivity contribution in [2.24, 2.45) is 4.99 Å². The van der Waals surface area contributed by atoms with Crippen LogP contribution in [0.1, 0.15) is 23.6 Å². The predicted molar refractivity (Wildman–Crippen MR) is 90.3 cm³/mol. The van der Waals surface area contributed by atoms with E-state index in [0.29, 0.717) is 11.3 Å². The van der Waals surface area contributed by atoms with Gasteiger partial charge < -0.3 is 10.2 Å². The Morgan fingerprint density at radius 2 is 1.68 bits per heavy atom. The van der Waals surface area contributed by atoms with E-state index in [1.165, 1.54) is 19.1 Å². The maximum absolute atomic E-state index is 12.7. The second-order valence-corrected chi connectivity index (χ2v) is 6.32. The summed E-state index contributed by atoms with van der Waals surface area (Å²) in [5.74, 6) is -1.36. The lowest BCUT2D eigenvalue weighted by molar-refractivity contribution is -0.137. The molecule has 10 heteroatoms. The Morgan fingerprint density at radius 3 is 2.25 bits per heavy atom. The van der Waals surface area contributed by atoms with Gasteiger partial charge in [0.15, 0.2) is 5.66 Å². The van der Waals surface area contributed by atoms with Gasteiger partial charge in [-0.15, -0.1) is 5.48 Å². The summed E-state index contributed by atoms with van der Waals surface area (Å²) in [5, 5.41) is 2.88. The first-order valence-electron chi connectivity index (χ1n) is 8.09. The third-order valence-electron chi connectivity index (χ3n) is 4.12. The van der Waals surface area contributed by atoms with Gasteiger partial charge in [-0.2, -0.15) is 26.3 Å². The number of hydrogen-bond acceptors (Lipinski definition) is 4. The summed E-state index contributed by atoms with van der Waals surface area (Å²) in [6.45, 7) is 1.67. The van der Waals surface area contributed by atoms with Gasteiger partial charge in [-0.3, -0.25) is 0 Å². The van der Waals surface area contributed by atoms with Gasteiger partial charge in [-0.05, 0) is 36.2 Å². The molecule has 3 rings (SSSR count). The van der Waals surface area contributed by atoms with E-state index in [9.17, 15) is 26.3 Å². The van der Waals surface area contributed by atoms with Crippen molar-refractivity contribution >= 4 is 11.6 Å². The molecule has 1 atom stereocenters. The van der Waals surface area contributed by atoms with E-state index in [4.69, 9.17) is 0 Å². The quantitative estimate of drug-likeness (QED) is 0.708. The highest BCUT2D eigenvalue weighted by Crippen LogP contribution is 2.32. The van der Waals surface area contributed by atoms with Crippen LogP contribution in [0.25, 0.3) is 0 Å². The number of nitrogens with zero attached hydrogens (tertiary/aromatic N) is 1. The molecule has 2 aromatic rings. The van der Waals surface area contributed by atoms with E-state index in [0.717, 1.165) is 17.7 Å². The van der Waals surface area contributed by atoms with E-state index >= 15 is 0 Å². The van der Waals surface area contributed by atoms with Crippen LogP contribution in [0.15, 0.2) is 53.5 Å². The van der Waals surface area contributed by atoms with Gasteiger partial charge in [0.25, 0.3) is 0 Å². The highest BCUT2D eigenvalue weighted by atomic mass is 19.4. The number of benzene rings is 2. The monoisotopic (exact) mass is 403 g/mol. The van der Waals surface area contributed by atoms with Crippen LogP contribution in [0.4, 0.5) is 32.0 Å². The smallest absolute Gasteiger partial charge is 0.381 e. The molecular weight excluding hydrogens is 388 g/mol. The Bertz CT molecular complexity index is 876. The van der Waals surface area contributed by atoms with E-state index in [2.05, 4.69) is 20.6 Å². The third kappa shape index (κ3) is 4.38. The molecule has 2 N–H and O–H groups in total. The van der Waals surface area contributed by atoms with Gasteiger partial charge in [0, 0.05) is 12.2 Å². The van der Waals surface area contributed by atoms with Crippen LogP contribution in [0.5, 0.6) is 0 Å². The molecular formula is C18H15F6N3O. The van der Waals surface area contributed by atoms with Crippen LogP contribution in [0.3, 0.4) is 0 Å². The molecule has 0 fully saturated rings. The van der Waals surface area contributed by atoms with E-state index in [-0.39, 0.29) is 6.54 Å². The highest BCUT2D eigenvalue weighted by molar-refractivity contribution is 5.83. The minimum Gasteiger partial charge on any atom is -0.381 e. The lowest BCUT2D eigenvalue weighted by atomic mass is 10.0. The Balaban J connectivity index is 1.68. The molecule has 0 radical (unpaired) electrons. The second kappa shape index (κ2) is 7.01. The summed E-state index contributed by atoms with van der Waals surface area (Å²) in [6.07, 6.45) is -9.12. The molecule has 0 spiro atoms. The first kappa shape index (κ1) is 20.0. The van der Waals surface area contributed by atoms with Crippen molar-refractivity contribution in [1.82, 2.24) is 5.48 Å². The highest BCUT2D eigenvalue weighted by Gasteiger charge is 2.46. The molecule has 28 heavy (non-hydrogen) atoms. The molecule has 0 aromatic heterocycles. The van der Waals surface area contributed by atoms with Crippen molar-refractivity contribution in [1.29, 1.82) is 0 Å². The zero-order chi connectivity index (χ0) is 20.6. The van der Waals surface area contributed by atoms with Gasteiger partial charge in [-0.1, -0.05) is 30.3 Å². The zero-order valence-corrected chi connectivity index (χ0v) is 14.4. The molecule has 0 aliphatic carbocycles. The number of halogens is 6. The van der Waals surface area contributed by atoms with Crippen LogP contribution in [0.2, 0.25) is 0 Å². The molecule has 0 amide bonds. The van der Waals surface area contributed by atoms with Gasteiger partial charge in [-0.25, -0.2) is 4.99 Å². The first-order chi connectivity index (χ1) is 13.0. The summed E-state index contributed by atoms with van der Waals surface area (Å²) in [4.78, 5) is 7.99.